The van der Waals surface area contributed by atoms with E-state index in [0.717, 1.165) is 10.9 Å². The van der Waals surface area contributed by atoms with E-state index in [1.54, 1.807) is 25.1 Å². The average Bonchev–Trinajstić information content (AvgIpc) is 2.84. The average molecular weight is 284 g/mol. The molecule has 0 spiro atoms. The Morgan fingerprint density at radius 3 is 2.76 bits per heavy atom. The predicted octanol–water partition coefficient (Wildman–Crippen LogP) is 2.65. The lowest BCUT2D eigenvalue weighted by molar-refractivity contribution is 0.0996. The van der Waals surface area contributed by atoms with Crippen molar-refractivity contribution in [3.05, 3.63) is 58.1 Å². The number of benzene rings is 1. The molecule has 3 aromatic rings. The highest BCUT2D eigenvalue weighted by molar-refractivity contribution is 6.03. The second-order valence-electron chi connectivity index (χ2n) is 4.68. The van der Waals surface area contributed by atoms with Crippen LogP contribution in [0.3, 0.4) is 0 Å². The number of nitrogens with one attached hydrogen (secondary N) is 1. The van der Waals surface area contributed by atoms with E-state index in [2.05, 4.69) is 10.3 Å². The van der Waals surface area contributed by atoms with Gasteiger partial charge in [0.2, 0.25) is 5.76 Å². The van der Waals surface area contributed by atoms with E-state index in [-0.39, 0.29) is 5.76 Å². The third-order valence-corrected chi connectivity index (χ3v) is 3.16. The van der Waals surface area contributed by atoms with Crippen LogP contribution in [0.2, 0.25) is 0 Å². The number of fused-ring (bicyclic) bond motifs is 1. The molecule has 0 aliphatic rings. The van der Waals surface area contributed by atoms with Crippen LogP contribution in [0.25, 0.3) is 11.0 Å². The van der Waals surface area contributed by atoms with E-state index in [1.807, 2.05) is 6.92 Å². The molecule has 1 amide bonds. The first-order chi connectivity index (χ1) is 10.0. The van der Waals surface area contributed by atoms with Gasteiger partial charge < -0.3 is 14.2 Å². The van der Waals surface area contributed by atoms with Gasteiger partial charge in [-0.25, -0.2) is 9.78 Å². The zero-order chi connectivity index (χ0) is 15.0. The normalized spacial score (nSPS) is 10.8. The van der Waals surface area contributed by atoms with Gasteiger partial charge in [0.1, 0.15) is 5.58 Å². The number of carbonyl (C=O) groups excluding carboxylic acids is 1. The monoisotopic (exact) mass is 284 g/mol. The fourth-order valence-electron chi connectivity index (χ4n) is 2.11. The van der Waals surface area contributed by atoms with Gasteiger partial charge in [0.05, 0.1) is 5.69 Å². The molecular formula is C15H12N2O4. The summed E-state index contributed by atoms with van der Waals surface area (Å²) in [5.74, 6) is -0.250. The molecule has 6 heteroatoms. The quantitative estimate of drug-likeness (QED) is 0.731. The summed E-state index contributed by atoms with van der Waals surface area (Å²) in [4.78, 5) is 27.3. The molecule has 0 bridgehead atoms. The summed E-state index contributed by atoms with van der Waals surface area (Å²) in [5, 5.41) is 3.50. The fraction of sp³-hybridized carbons (Fsp3) is 0.133. The topological polar surface area (TPSA) is 85.3 Å². The minimum atomic E-state index is -0.422. The lowest BCUT2D eigenvalue weighted by Gasteiger charge is -2.05. The Balaban J connectivity index is 1.97. The van der Waals surface area contributed by atoms with Crippen LogP contribution in [-0.4, -0.2) is 10.9 Å². The standard InChI is InChI=1S/C15H12N2O4/c1-8-5-13(18)21-12-6-10(3-4-11(8)12)17-15(19)14-9(2)16-7-20-14/h3-7H,1-2H3,(H,17,19). The van der Waals surface area contributed by atoms with Gasteiger partial charge in [-0.15, -0.1) is 0 Å². The van der Waals surface area contributed by atoms with Crippen LogP contribution in [-0.2, 0) is 0 Å². The Kier molecular flexibility index (Phi) is 3.06. The number of rotatable bonds is 2. The van der Waals surface area contributed by atoms with Gasteiger partial charge in [-0.3, -0.25) is 4.79 Å². The first-order valence-corrected chi connectivity index (χ1v) is 6.30. The van der Waals surface area contributed by atoms with Gasteiger partial charge in [0.25, 0.3) is 5.91 Å². The molecule has 1 N–H and O–H groups in total. The number of hydrogen-bond acceptors (Lipinski definition) is 5. The smallest absolute Gasteiger partial charge is 0.336 e. The van der Waals surface area contributed by atoms with E-state index in [1.165, 1.54) is 12.5 Å². The maximum absolute atomic E-state index is 12.0. The van der Waals surface area contributed by atoms with Crippen LogP contribution in [0.1, 0.15) is 21.8 Å². The van der Waals surface area contributed by atoms with Crippen LogP contribution < -0.4 is 10.9 Å². The highest BCUT2D eigenvalue weighted by Crippen LogP contribution is 2.21. The molecule has 2 aromatic heterocycles. The summed E-state index contributed by atoms with van der Waals surface area (Å²) in [6, 6.07) is 6.56. The van der Waals surface area contributed by atoms with E-state index >= 15 is 0 Å². The molecule has 0 aliphatic heterocycles. The molecule has 0 saturated carbocycles. The van der Waals surface area contributed by atoms with Crippen molar-refractivity contribution < 1.29 is 13.6 Å². The summed E-state index contributed by atoms with van der Waals surface area (Å²) < 4.78 is 10.2. The highest BCUT2D eigenvalue weighted by atomic mass is 16.4. The summed E-state index contributed by atoms with van der Waals surface area (Å²) in [7, 11) is 0. The van der Waals surface area contributed by atoms with Crippen LogP contribution in [0.4, 0.5) is 5.69 Å². The zero-order valence-electron chi connectivity index (χ0n) is 11.5. The maximum Gasteiger partial charge on any atom is 0.336 e. The number of anilines is 1. The van der Waals surface area contributed by atoms with E-state index in [9.17, 15) is 9.59 Å². The van der Waals surface area contributed by atoms with Crippen molar-refractivity contribution in [3.8, 4) is 0 Å². The summed E-state index contributed by atoms with van der Waals surface area (Å²) in [6.45, 7) is 3.51. The molecule has 1 aromatic carbocycles. The van der Waals surface area contributed by atoms with Gasteiger partial charge in [-0.05, 0) is 31.5 Å². The van der Waals surface area contributed by atoms with Crippen molar-refractivity contribution >= 4 is 22.6 Å². The van der Waals surface area contributed by atoms with Crippen molar-refractivity contribution in [2.75, 3.05) is 5.32 Å². The number of amides is 1. The molecule has 0 aliphatic carbocycles. The summed E-state index contributed by atoms with van der Waals surface area (Å²) >= 11 is 0. The Labute approximate surface area is 119 Å². The molecule has 0 radical (unpaired) electrons. The number of oxazole rings is 1. The lowest BCUT2D eigenvalue weighted by Crippen LogP contribution is -2.12. The van der Waals surface area contributed by atoms with Crippen molar-refractivity contribution in [1.82, 2.24) is 4.98 Å². The van der Waals surface area contributed by atoms with E-state index in [0.29, 0.717) is 17.0 Å². The first-order valence-electron chi connectivity index (χ1n) is 6.30. The van der Waals surface area contributed by atoms with Crippen LogP contribution in [0.15, 0.2) is 44.3 Å². The lowest BCUT2D eigenvalue weighted by atomic mass is 10.1. The van der Waals surface area contributed by atoms with Crippen molar-refractivity contribution in [3.63, 3.8) is 0 Å². The molecule has 3 rings (SSSR count). The Hall–Kier alpha value is -2.89. The molecule has 21 heavy (non-hydrogen) atoms. The SMILES string of the molecule is Cc1ncoc1C(=O)Nc1ccc2c(C)cc(=O)oc2c1. The molecule has 0 atom stereocenters. The van der Waals surface area contributed by atoms with Crippen LogP contribution in [0, 0.1) is 13.8 Å². The van der Waals surface area contributed by atoms with Crippen molar-refractivity contribution in [1.29, 1.82) is 0 Å². The molecular weight excluding hydrogens is 272 g/mol. The van der Waals surface area contributed by atoms with Gasteiger partial charge in [-0.1, -0.05) is 0 Å². The zero-order valence-corrected chi connectivity index (χ0v) is 11.5. The van der Waals surface area contributed by atoms with Crippen LogP contribution in [0.5, 0.6) is 0 Å². The molecule has 106 valence electrons. The highest BCUT2D eigenvalue weighted by Gasteiger charge is 2.14. The predicted molar refractivity (Wildman–Crippen MR) is 76.4 cm³/mol. The Morgan fingerprint density at radius 2 is 2.05 bits per heavy atom. The third kappa shape index (κ3) is 2.43. The molecule has 6 nitrogen and oxygen atoms in total. The minimum Gasteiger partial charge on any atom is -0.438 e. The van der Waals surface area contributed by atoms with Gasteiger partial charge in [0, 0.05) is 23.2 Å². The van der Waals surface area contributed by atoms with E-state index < -0.39 is 11.5 Å². The number of carbonyl (C=O) groups is 1. The summed E-state index contributed by atoms with van der Waals surface area (Å²) in [5.41, 5.74) is 1.85. The van der Waals surface area contributed by atoms with Crippen molar-refractivity contribution in [2.45, 2.75) is 13.8 Å². The van der Waals surface area contributed by atoms with Crippen LogP contribution >= 0.6 is 0 Å². The second-order valence-corrected chi connectivity index (χ2v) is 4.68. The first kappa shape index (κ1) is 13.1. The molecule has 2 heterocycles. The number of hydrogen-bond donors (Lipinski definition) is 1. The maximum atomic E-state index is 12.0. The Bertz CT molecular complexity index is 892. The minimum absolute atomic E-state index is 0.154. The number of aryl methyl sites for hydroxylation is 2. The van der Waals surface area contributed by atoms with Crippen molar-refractivity contribution in [2.24, 2.45) is 0 Å². The Morgan fingerprint density at radius 1 is 1.24 bits per heavy atom. The van der Waals surface area contributed by atoms with E-state index in [4.69, 9.17) is 8.83 Å². The summed E-state index contributed by atoms with van der Waals surface area (Å²) in [6.07, 6.45) is 1.22. The third-order valence-electron chi connectivity index (χ3n) is 3.16. The number of aromatic nitrogens is 1. The van der Waals surface area contributed by atoms with Gasteiger partial charge in [-0.2, -0.15) is 0 Å². The van der Waals surface area contributed by atoms with Gasteiger partial charge in [0.15, 0.2) is 6.39 Å². The molecule has 0 fully saturated rings. The number of nitrogens with zero attached hydrogens (tertiary/aromatic N) is 1. The van der Waals surface area contributed by atoms with Gasteiger partial charge >= 0.3 is 5.63 Å². The fourth-order valence-corrected chi connectivity index (χ4v) is 2.11. The second kappa shape index (κ2) is 4.90. The molecule has 0 saturated heterocycles. The largest absolute Gasteiger partial charge is 0.438 e. The molecule has 0 unspecified atom stereocenters.